The van der Waals surface area contributed by atoms with E-state index < -0.39 is 11.4 Å². The Morgan fingerprint density at radius 1 is 0.956 bits per heavy atom. The molecule has 1 aromatic heterocycles. The summed E-state index contributed by atoms with van der Waals surface area (Å²) < 4.78 is 0. The number of carboxylic acid groups (broad SMARTS) is 1. The number of allylic oxidation sites excluding steroid dienone is 2. The van der Waals surface area contributed by atoms with Crippen LogP contribution in [0.5, 0.6) is 0 Å². The van der Waals surface area contributed by atoms with E-state index in [2.05, 4.69) is 96.8 Å². The lowest BCUT2D eigenvalue weighted by atomic mass is 9.33. The first kappa shape index (κ1) is 30.9. The van der Waals surface area contributed by atoms with Crippen LogP contribution in [0.25, 0.3) is 5.57 Å². The van der Waals surface area contributed by atoms with Gasteiger partial charge in [0.15, 0.2) is 0 Å². The van der Waals surface area contributed by atoms with Gasteiger partial charge in [0.1, 0.15) is 5.82 Å². The summed E-state index contributed by atoms with van der Waals surface area (Å²) in [6, 6.07) is 9.15. The number of anilines is 2. The van der Waals surface area contributed by atoms with Crippen molar-refractivity contribution in [2.24, 2.45) is 44.8 Å². The van der Waals surface area contributed by atoms with E-state index in [1.807, 2.05) is 0 Å². The van der Waals surface area contributed by atoms with Gasteiger partial charge in [-0.05, 0) is 120 Å². The van der Waals surface area contributed by atoms with Crippen LogP contribution in [0, 0.1) is 44.8 Å². The number of aliphatic carboxylic acids is 1. The number of hydrogen-bond donors (Lipinski definition) is 3. The average Bonchev–Trinajstić information content (AvgIpc) is 3.33. The number of aromatic nitrogens is 2. The van der Waals surface area contributed by atoms with Crippen molar-refractivity contribution in [3.05, 3.63) is 46.7 Å². The number of aromatic amines is 1. The lowest BCUT2D eigenvalue weighted by molar-refractivity contribution is -0.175. The lowest BCUT2D eigenvalue weighted by Gasteiger charge is -2.71. The van der Waals surface area contributed by atoms with Gasteiger partial charge in [-0.15, -0.1) is 0 Å². The fourth-order valence-corrected chi connectivity index (χ4v) is 12.4. The second kappa shape index (κ2) is 9.41. The number of hydrogen-bond acceptors (Lipinski definition) is 4. The fraction of sp³-hybridized carbons (Fsp3) is 0.692. The van der Waals surface area contributed by atoms with E-state index >= 15 is 0 Å². The van der Waals surface area contributed by atoms with Gasteiger partial charge in [-0.1, -0.05) is 66.2 Å². The summed E-state index contributed by atoms with van der Waals surface area (Å²) in [6.45, 7) is 17.3. The van der Waals surface area contributed by atoms with Gasteiger partial charge in [0.2, 0.25) is 0 Å². The second-order valence-electron chi connectivity index (χ2n) is 18.2. The summed E-state index contributed by atoms with van der Waals surface area (Å²) in [4.78, 5) is 15.6. The first-order chi connectivity index (χ1) is 20.9. The van der Waals surface area contributed by atoms with Gasteiger partial charge in [-0.25, -0.2) is 0 Å². The van der Waals surface area contributed by atoms with Crippen LogP contribution >= 0.6 is 0 Å². The average molecular weight is 613 g/mol. The second-order valence-corrected chi connectivity index (χ2v) is 18.2. The van der Waals surface area contributed by atoms with Gasteiger partial charge in [0, 0.05) is 30.8 Å². The number of nitrogens with one attached hydrogen (secondary N) is 1. The van der Waals surface area contributed by atoms with Crippen molar-refractivity contribution in [1.82, 2.24) is 10.2 Å². The molecule has 244 valence electrons. The molecular formula is C39H56N4O2. The summed E-state index contributed by atoms with van der Waals surface area (Å²) in [5, 5.41) is 19.0. The Bertz CT molecular complexity index is 1580. The molecule has 0 aliphatic heterocycles. The van der Waals surface area contributed by atoms with Crippen LogP contribution in [-0.2, 0) is 16.6 Å². The summed E-state index contributed by atoms with van der Waals surface area (Å²) in [6.07, 6.45) is 8.71. The van der Waals surface area contributed by atoms with Gasteiger partial charge < -0.3 is 15.7 Å². The van der Waals surface area contributed by atoms with E-state index in [0.29, 0.717) is 11.8 Å². The van der Waals surface area contributed by atoms with Crippen molar-refractivity contribution in [2.75, 3.05) is 24.7 Å². The maximum Gasteiger partial charge on any atom is 0.310 e. The van der Waals surface area contributed by atoms with Crippen molar-refractivity contribution >= 4 is 23.0 Å². The summed E-state index contributed by atoms with van der Waals surface area (Å²) in [5.74, 6) is 1.16. The largest absolute Gasteiger partial charge is 0.481 e. The van der Waals surface area contributed by atoms with Crippen LogP contribution in [0.3, 0.4) is 0 Å². The van der Waals surface area contributed by atoms with Crippen LogP contribution in [0.1, 0.15) is 117 Å². The van der Waals surface area contributed by atoms with E-state index in [1.165, 1.54) is 40.8 Å². The van der Waals surface area contributed by atoms with Gasteiger partial charge in [-0.3, -0.25) is 9.89 Å². The summed E-state index contributed by atoms with van der Waals surface area (Å²) in [7, 11) is 4.19. The van der Waals surface area contributed by atoms with Crippen molar-refractivity contribution in [1.29, 1.82) is 0 Å². The molecule has 0 amide bonds. The topological polar surface area (TPSA) is 95.2 Å². The fourth-order valence-electron chi connectivity index (χ4n) is 12.4. The Morgan fingerprint density at radius 3 is 2.27 bits per heavy atom. The number of fused-ring (bicyclic) bond motifs is 8. The molecule has 3 fully saturated rings. The maximum atomic E-state index is 13.4. The first-order valence-corrected chi connectivity index (χ1v) is 17.5. The lowest BCUT2D eigenvalue weighted by Crippen LogP contribution is -2.65. The molecule has 3 unspecified atom stereocenters. The Labute approximate surface area is 270 Å². The number of H-pyrrole nitrogens is 1. The molecule has 5 aliphatic rings. The third-order valence-corrected chi connectivity index (χ3v) is 15.1. The summed E-state index contributed by atoms with van der Waals surface area (Å²) >= 11 is 0. The van der Waals surface area contributed by atoms with Gasteiger partial charge >= 0.3 is 5.97 Å². The van der Waals surface area contributed by atoms with E-state index in [1.54, 1.807) is 0 Å². The third kappa shape index (κ3) is 3.92. The van der Waals surface area contributed by atoms with Crippen molar-refractivity contribution in [3.8, 4) is 0 Å². The zero-order valence-electron chi connectivity index (χ0n) is 29.2. The number of benzene rings is 1. The standard InChI is InChI=1S/C39H56N4O2/c1-34(2)16-18-39(33(44)45)19-17-38(7)30(27(39)22-34)25(23-10-12-24(13-11-23)43(8)9)20-29-36(5)21-26-31(41-42-32(26)40)35(3,4)28(36)14-15-37(29,38)6/h10-13,27-29H,14-22H2,1-9H3,(H,44,45)(H3,40,41,42)/t27?,28?,29?,36-,37+,38+,39-/m0/s1. The van der Waals surface area contributed by atoms with E-state index in [-0.39, 0.29) is 33.0 Å². The number of carboxylic acids is 1. The maximum absolute atomic E-state index is 13.4. The van der Waals surface area contributed by atoms with Crippen molar-refractivity contribution < 1.29 is 9.90 Å². The van der Waals surface area contributed by atoms with Crippen LogP contribution in [-0.4, -0.2) is 35.4 Å². The van der Waals surface area contributed by atoms with Crippen LogP contribution in [0.4, 0.5) is 11.5 Å². The van der Waals surface area contributed by atoms with Crippen molar-refractivity contribution in [3.63, 3.8) is 0 Å². The van der Waals surface area contributed by atoms with Gasteiger partial charge in [-0.2, -0.15) is 5.10 Å². The molecule has 2 aromatic rings. The molecule has 5 aliphatic carbocycles. The van der Waals surface area contributed by atoms with E-state index in [9.17, 15) is 9.90 Å². The van der Waals surface area contributed by atoms with Crippen LogP contribution in [0.2, 0.25) is 0 Å². The molecule has 4 N–H and O–H groups in total. The highest BCUT2D eigenvalue weighted by Crippen LogP contribution is 2.77. The minimum Gasteiger partial charge on any atom is -0.481 e. The molecule has 3 saturated carbocycles. The Morgan fingerprint density at radius 2 is 1.62 bits per heavy atom. The highest BCUT2D eigenvalue weighted by Gasteiger charge is 2.70. The zero-order valence-corrected chi connectivity index (χ0v) is 29.2. The quantitative estimate of drug-likeness (QED) is 0.323. The molecule has 1 heterocycles. The molecule has 0 saturated heterocycles. The molecule has 7 rings (SSSR count). The molecule has 0 bridgehead atoms. The zero-order chi connectivity index (χ0) is 32.5. The minimum absolute atomic E-state index is 0.0397. The summed E-state index contributed by atoms with van der Waals surface area (Å²) in [5.41, 5.74) is 13.8. The normalized spacial score (nSPS) is 39.5. The molecule has 7 atom stereocenters. The number of carbonyl (C=O) groups is 1. The monoisotopic (exact) mass is 612 g/mol. The number of rotatable bonds is 3. The molecule has 6 nitrogen and oxygen atoms in total. The predicted molar refractivity (Wildman–Crippen MR) is 183 cm³/mol. The SMILES string of the molecule is CN(C)c1ccc(C2=C3C4CC(C)(C)CC[C@]4(C(=O)O)CC[C@@]3(C)[C@]3(C)CCC4C(C)(C)c5n[nH]c(N)c5C[C@]4(C)C3C2)cc1. The number of nitrogens with two attached hydrogens (primary N) is 1. The molecule has 0 spiro atoms. The van der Waals surface area contributed by atoms with E-state index in [0.717, 1.165) is 56.5 Å². The third-order valence-electron chi connectivity index (χ3n) is 15.1. The Balaban J connectivity index is 1.48. The van der Waals surface area contributed by atoms with E-state index in [4.69, 9.17) is 10.8 Å². The molecule has 6 heteroatoms. The highest BCUT2D eigenvalue weighted by atomic mass is 16.4. The highest BCUT2D eigenvalue weighted by molar-refractivity contribution is 5.80. The molecule has 45 heavy (non-hydrogen) atoms. The first-order valence-electron chi connectivity index (χ1n) is 17.5. The van der Waals surface area contributed by atoms with Gasteiger partial charge in [0.05, 0.1) is 11.1 Å². The molecule has 1 aromatic carbocycles. The Hall–Kier alpha value is -2.76. The Kier molecular flexibility index (Phi) is 6.46. The number of nitrogen functional groups attached to an aromatic ring is 1. The number of nitrogens with zero attached hydrogens (tertiary/aromatic N) is 2. The minimum atomic E-state index is -0.670. The van der Waals surface area contributed by atoms with Crippen LogP contribution in [0.15, 0.2) is 29.8 Å². The smallest absolute Gasteiger partial charge is 0.310 e. The predicted octanol–water partition coefficient (Wildman–Crippen LogP) is 8.49. The molecular weight excluding hydrogens is 556 g/mol. The van der Waals surface area contributed by atoms with Gasteiger partial charge in [0.25, 0.3) is 0 Å². The van der Waals surface area contributed by atoms with Crippen molar-refractivity contribution in [2.45, 2.75) is 112 Å². The molecule has 0 radical (unpaired) electrons. The van der Waals surface area contributed by atoms with Crippen LogP contribution < -0.4 is 10.6 Å².